The maximum Gasteiger partial charge on any atom is 0.240 e. The normalized spacial score (nSPS) is 17.2. The fourth-order valence-electron chi connectivity index (χ4n) is 3.35. The Morgan fingerprint density at radius 2 is 1.97 bits per heavy atom. The van der Waals surface area contributed by atoms with Crippen molar-refractivity contribution in [3.8, 4) is 22.8 Å². The van der Waals surface area contributed by atoms with E-state index in [-0.39, 0.29) is 42.5 Å². The summed E-state index contributed by atoms with van der Waals surface area (Å²) in [5.74, 6) is 0.698. The summed E-state index contributed by atoms with van der Waals surface area (Å²) in [6.07, 6.45) is 0.420. The van der Waals surface area contributed by atoms with Gasteiger partial charge in [-0.1, -0.05) is 0 Å². The molecule has 174 valence electrons. The van der Waals surface area contributed by atoms with Gasteiger partial charge in [0.25, 0.3) is 0 Å². The number of thiazole rings is 1. The van der Waals surface area contributed by atoms with E-state index in [1.165, 1.54) is 11.3 Å². The van der Waals surface area contributed by atoms with Gasteiger partial charge < -0.3 is 20.1 Å². The van der Waals surface area contributed by atoms with Crippen LogP contribution >= 0.6 is 11.3 Å². The third-order valence-corrected chi connectivity index (χ3v) is 7.39. The number of nitrogens with one attached hydrogen (secondary N) is 2. The van der Waals surface area contributed by atoms with Gasteiger partial charge in [-0.3, -0.25) is 14.5 Å². The molecule has 32 heavy (non-hydrogen) atoms. The van der Waals surface area contributed by atoms with Gasteiger partial charge in [0, 0.05) is 23.1 Å². The summed E-state index contributed by atoms with van der Waals surface area (Å²) in [7, 11) is 1.71. The highest BCUT2D eigenvalue weighted by molar-refractivity contribution is 7.91. The predicted molar refractivity (Wildman–Crippen MR) is 122 cm³/mol. The molecule has 12 heteroatoms. The Morgan fingerprint density at radius 3 is 2.62 bits per heavy atom. The lowest BCUT2D eigenvalue weighted by Crippen LogP contribution is -2.43. The first-order valence-corrected chi connectivity index (χ1v) is 12.6. The van der Waals surface area contributed by atoms with Crippen molar-refractivity contribution in [3.05, 3.63) is 23.6 Å². The molecule has 0 aliphatic carbocycles. The number of carbonyl (C=O) groups excluding carboxylic acids is 2. The minimum absolute atomic E-state index is 0.0167. The number of aromatic nitrogens is 1. The van der Waals surface area contributed by atoms with Crippen molar-refractivity contribution in [3.63, 3.8) is 0 Å². The van der Waals surface area contributed by atoms with Gasteiger partial charge in [0.2, 0.25) is 11.8 Å². The van der Waals surface area contributed by atoms with Crippen LogP contribution in [0.2, 0.25) is 0 Å². The van der Waals surface area contributed by atoms with Crippen LogP contribution in [0.3, 0.4) is 0 Å². The summed E-state index contributed by atoms with van der Waals surface area (Å²) in [5, 5.41) is 7.68. The fourth-order valence-corrected chi connectivity index (χ4v) is 5.75. The number of rotatable bonds is 9. The molecule has 2 N–H and O–H groups in total. The van der Waals surface area contributed by atoms with Crippen molar-refractivity contribution < 1.29 is 27.5 Å². The minimum atomic E-state index is -3.06. The number of ether oxygens (including phenoxy) is 2. The standard InChI is InChI=1S/C20H26N4O6S2/c1-24(9-18(25)21-13-6-7-32(27,28)12-13)10-19(26)23-20-22-16(11-31-20)15-5-4-14(29-2)8-17(15)30-3/h4-5,8,11,13H,6-7,9-10,12H2,1-3H3,(H,21,25)(H,22,23,26). The largest absolute Gasteiger partial charge is 0.497 e. The Bertz CT molecular complexity index is 1090. The second-order valence-corrected chi connectivity index (χ2v) is 10.6. The first-order valence-electron chi connectivity index (χ1n) is 9.85. The summed E-state index contributed by atoms with van der Waals surface area (Å²) < 4.78 is 33.6. The van der Waals surface area contributed by atoms with E-state index in [4.69, 9.17) is 9.47 Å². The first-order chi connectivity index (χ1) is 15.2. The van der Waals surface area contributed by atoms with Crippen LogP contribution in [0.1, 0.15) is 6.42 Å². The van der Waals surface area contributed by atoms with Gasteiger partial charge in [-0.05, 0) is 25.6 Å². The number of amides is 2. The summed E-state index contributed by atoms with van der Waals surface area (Å²) in [6, 6.07) is 5.03. The van der Waals surface area contributed by atoms with E-state index in [1.807, 2.05) is 11.4 Å². The van der Waals surface area contributed by atoms with Gasteiger partial charge in [0.1, 0.15) is 11.5 Å². The SMILES string of the molecule is COc1ccc(-c2csc(NC(=O)CN(C)CC(=O)NC3CCS(=O)(=O)C3)n2)c(OC)c1. The number of carbonyl (C=O) groups is 2. The number of methoxy groups -OCH3 is 2. The summed E-state index contributed by atoms with van der Waals surface area (Å²) in [4.78, 5) is 30.5. The van der Waals surface area contributed by atoms with Gasteiger partial charge in [-0.2, -0.15) is 0 Å². The van der Waals surface area contributed by atoms with Crippen molar-refractivity contribution in [2.24, 2.45) is 0 Å². The van der Waals surface area contributed by atoms with Crippen molar-refractivity contribution in [1.82, 2.24) is 15.2 Å². The molecule has 0 radical (unpaired) electrons. The monoisotopic (exact) mass is 482 g/mol. The Balaban J connectivity index is 1.51. The molecule has 1 unspecified atom stereocenters. The highest BCUT2D eigenvalue weighted by Gasteiger charge is 2.29. The molecule has 1 aliphatic heterocycles. The second kappa shape index (κ2) is 10.3. The second-order valence-electron chi connectivity index (χ2n) is 7.49. The lowest BCUT2D eigenvalue weighted by atomic mass is 10.1. The van der Waals surface area contributed by atoms with Crippen LogP contribution in [0.15, 0.2) is 23.6 Å². The minimum Gasteiger partial charge on any atom is -0.497 e. The number of benzene rings is 1. The molecule has 1 aromatic carbocycles. The van der Waals surface area contributed by atoms with E-state index in [0.29, 0.717) is 28.7 Å². The number of nitrogens with zero attached hydrogens (tertiary/aromatic N) is 2. The molecular weight excluding hydrogens is 456 g/mol. The molecule has 1 saturated heterocycles. The van der Waals surface area contributed by atoms with Crippen LogP contribution in [0.25, 0.3) is 11.3 Å². The van der Waals surface area contributed by atoms with E-state index in [9.17, 15) is 18.0 Å². The molecule has 2 aromatic rings. The Kier molecular flexibility index (Phi) is 7.69. The summed E-state index contributed by atoms with van der Waals surface area (Å²) in [6.45, 7) is -0.0344. The van der Waals surface area contributed by atoms with Crippen molar-refractivity contribution in [1.29, 1.82) is 0 Å². The number of hydrogen-bond acceptors (Lipinski definition) is 9. The maximum absolute atomic E-state index is 12.3. The van der Waals surface area contributed by atoms with E-state index in [0.717, 1.165) is 5.56 Å². The van der Waals surface area contributed by atoms with E-state index in [1.54, 1.807) is 38.3 Å². The quantitative estimate of drug-likeness (QED) is 0.542. The number of likely N-dealkylation sites (N-methyl/N-ethyl adjacent to an activating group) is 1. The summed E-state index contributed by atoms with van der Waals surface area (Å²) in [5.41, 5.74) is 1.43. The van der Waals surface area contributed by atoms with E-state index >= 15 is 0 Å². The van der Waals surface area contributed by atoms with Gasteiger partial charge >= 0.3 is 0 Å². The molecule has 1 aliphatic rings. The molecule has 0 spiro atoms. The highest BCUT2D eigenvalue weighted by Crippen LogP contribution is 2.34. The van der Waals surface area contributed by atoms with Crippen LogP contribution < -0.4 is 20.1 Å². The van der Waals surface area contributed by atoms with Gasteiger partial charge in [-0.25, -0.2) is 13.4 Å². The highest BCUT2D eigenvalue weighted by atomic mass is 32.2. The molecule has 2 amide bonds. The Hall–Kier alpha value is -2.70. The molecule has 0 saturated carbocycles. The average Bonchev–Trinajstić information content (AvgIpc) is 3.32. The molecule has 1 aromatic heterocycles. The first kappa shape index (κ1) is 24.0. The molecule has 1 atom stereocenters. The van der Waals surface area contributed by atoms with E-state index < -0.39 is 9.84 Å². The van der Waals surface area contributed by atoms with E-state index in [2.05, 4.69) is 15.6 Å². The van der Waals surface area contributed by atoms with Gasteiger partial charge in [0.05, 0.1) is 44.5 Å². The van der Waals surface area contributed by atoms with Gasteiger partial charge in [0.15, 0.2) is 15.0 Å². The lowest BCUT2D eigenvalue weighted by Gasteiger charge is -2.17. The van der Waals surface area contributed by atoms with Crippen molar-refractivity contribution >= 4 is 38.1 Å². The predicted octanol–water partition coefficient (Wildman–Crippen LogP) is 1.00. The van der Waals surface area contributed by atoms with Crippen molar-refractivity contribution in [2.45, 2.75) is 12.5 Å². The third kappa shape index (κ3) is 6.40. The fraction of sp³-hybridized carbons (Fsp3) is 0.450. The third-order valence-electron chi connectivity index (χ3n) is 4.86. The number of hydrogen-bond donors (Lipinski definition) is 2. The summed E-state index contributed by atoms with van der Waals surface area (Å²) >= 11 is 1.28. The van der Waals surface area contributed by atoms with Crippen LogP contribution in [0.4, 0.5) is 5.13 Å². The molecule has 3 rings (SSSR count). The Labute approximate surface area is 190 Å². The molecule has 2 heterocycles. The lowest BCUT2D eigenvalue weighted by molar-refractivity contribution is -0.123. The molecular formula is C20H26N4O6S2. The number of anilines is 1. The average molecular weight is 483 g/mol. The Morgan fingerprint density at radius 1 is 1.22 bits per heavy atom. The topological polar surface area (TPSA) is 127 Å². The zero-order valence-electron chi connectivity index (χ0n) is 18.1. The molecule has 0 bridgehead atoms. The molecule has 1 fully saturated rings. The molecule has 10 nitrogen and oxygen atoms in total. The van der Waals surface area contributed by atoms with Crippen LogP contribution in [0.5, 0.6) is 11.5 Å². The van der Waals surface area contributed by atoms with Crippen LogP contribution in [0, 0.1) is 0 Å². The van der Waals surface area contributed by atoms with Crippen LogP contribution in [-0.2, 0) is 19.4 Å². The van der Waals surface area contributed by atoms with Gasteiger partial charge in [-0.15, -0.1) is 11.3 Å². The zero-order valence-corrected chi connectivity index (χ0v) is 19.7. The van der Waals surface area contributed by atoms with Crippen molar-refractivity contribution in [2.75, 3.05) is 51.2 Å². The van der Waals surface area contributed by atoms with Crippen LogP contribution in [-0.4, -0.2) is 82.0 Å². The zero-order chi connectivity index (χ0) is 23.3. The maximum atomic E-state index is 12.3. The number of sulfone groups is 1. The smallest absolute Gasteiger partial charge is 0.240 e.